The zero-order valence-electron chi connectivity index (χ0n) is 8.37. The molecule has 0 aromatic carbocycles. The summed E-state index contributed by atoms with van der Waals surface area (Å²) >= 11 is 0. The maximum Gasteiger partial charge on any atom is 0.273 e. The molecule has 1 heterocycles. The number of pyridine rings is 1. The molecule has 1 saturated carbocycles. The smallest absolute Gasteiger partial charge is 0.273 e. The molecule has 1 aromatic rings. The Labute approximate surface area is 87.7 Å². The molecule has 3 nitrogen and oxygen atoms in total. The SMILES string of the molecule is O=C(NC1CCCC1)c1ncccc1F. The van der Waals surface area contributed by atoms with Crippen molar-refractivity contribution in [3.05, 3.63) is 29.8 Å². The van der Waals surface area contributed by atoms with Crippen LogP contribution in [0.1, 0.15) is 36.2 Å². The summed E-state index contributed by atoms with van der Waals surface area (Å²) in [5.74, 6) is -0.965. The first-order chi connectivity index (χ1) is 7.27. The van der Waals surface area contributed by atoms with Crippen LogP contribution in [0.15, 0.2) is 18.3 Å². The van der Waals surface area contributed by atoms with Crippen LogP contribution >= 0.6 is 0 Å². The van der Waals surface area contributed by atoms with Gasteiger partial charge in [0.25, 0.3) is 5.91 Å². The topological polar surface area (TPSA) is 42.0 Å². The van der Waals surface area contributed by atoms with Gasteiger partial charge in [-0.05, 0) is 25.0 Å². The summed E-state index contributed by atoms with van der Waals surface area (Å²) in [6.45, 7) is 0. The third-order valence-corrected chi connectivity index (χ3v) is 2.66. The number of nitrogens with one attached hydrogen (secondary N) is 1. The Morgan fingerprint density at radius 3 is 2.87 bits per heavy atom. The van der Waals surface area contributed by atoms with Gasteiger partial charge in [-0.15, -0.1) is 0 Å². The van der Waals surface area contributed by atoms with Crippen LogP contribution in [0.2, 0.25) is 0 Å². The number of hydrogen-bond donors (Lipinski definition) is 1. The molecule has 1 amide bonds. The first-order valence-corrected chi connectivity index (χ1v) is 5.19. The van der Waals surface area contributed by atoms with Crippen LogP contribution in [-0.2, 0) is 0 Å². The fraction of sp³-hybridized carbons (Fsp3) is 0.455. The van der Waals surface area contributed by atoms with E-state index >= 15 is 0 Å². The summed E-state index contributed by atoms with van der Waals surface area (Å²) in [5.41, 5.74) is -0.107. The lowest BCUT2D eigenvalue weighted by Crippen LogP contribution is -2.33. The van der Waals surface area contributed by atoms with Crippen molar-refractivity contribution in [2.75, 3.05) is 0 Å². The predicted octanol–water partition coefficient (Wildman–Crippen LogP) is 1.89. The van der Waals surface area contributed by atoms with Crippen molar-refractivity contribution in [2.45, 2.75) is 31.7 Å². The number of carbonyl (C=O) groups is 1. The molecule has 1 aromatic heterocycles. The highest BCUT2D eigenvalue weighted by Gasteiger charge is 2.20. The molecule has 1 aliphatic rings. The number of nitrogens with zero attached hydrogens (tertiary/aromatic N) is 1. The van der Waals surface area contributed by atoms with E-state index in [2.05, 4.69) is 10.3 Å². The van der Waals surface area contributed by atoms with Gasteiger partial charge in [0.2, 0.25) is 0 Å². The van der Waals surface area contributed by atoms with Crippen LogP contribution in [0.5, 0.6) is 0 Å². The molecular weight excluding hydrogens is 195 g/mol. The van der Waals surface area contributed by atoms with E-state index in [1.807, 2.05) is 0 Å². The predicted molar refractivity (Wildman–Crippen MR) is 53.9 cm³/mol. The van der Waals surface area contributed by atoms with E-state index in [1.54, 1.807) is 0 Å². The van der Waals surface area contributed by atoms with Gasteiger partial charge in [-0.1, -0.05) is 12.8 Å². The van der Waals surface area contributed by atoms with Gasteiger partial charge in [0.15, 0.2) is 11.5 Å². The Morgan fingerprint density at radius 2 is 2.20 bits per heavy atom. The van der Waals surface area contributed by atoms with E-state index in [0.717, 1.165) is 25.7 Å². The average molecular weight is 208 g/mol. The number of aromatic nitrogens is 1. The normalized spacial score (nSPS) is 16.6. The third-order valence-electron chi connectivity index (χ3n) is 2.66. The van der Waals surface area contributed by atoms with Crippen molar-refractivity contribution < 1.29 is 9.18 Å². The van der Waals surface area contributed by atoms with Crippen molar-refractivity contribution in [2.24, 2.45) is 0 Å². The number of amides is 1. The minimum absolute atomic E-state index is 0.107. The van der Waals surface area contributed by atoms with E-state index in [1.165, 1.54) is 18.3 Å². The fourth-order valence-corrected chi connectivity index (χ4v) is 1.88. The van der Waals surface area contributed by atoms with E-state index < -0.39 is 11.7 Å². The van der Waals surface area contributed by atoms with Crippen LogP contribution in [-0.4, -0.2) is 16.9 Å². The molecule has 0 aliphatic heterocycles. The summed E-state index contributed by atoms with van der Waals surface area (Å²) in [6, 6.07) is 2.91. The quantitative estimate of drug-likeness (QED) is 0.806. The van der Waals surface area contributed by atoms with E-state index in [9.17, 15) is 9.18 Å². The largest absolute Gasteiger partial charge is 0.348 e. The molecule has 4 heteroatoms. The first kappa shape index (κ1) is 10.1. The zero-order chi connectivity index (χ0) is 10.7. The summed E-state index contributed by atoms with van der Waals surface area (Å²) in [6.07, 6.45) is 5.67. The molecule has 1 fully saturated rings. The highest BCUT2D eigenvalue weighted by molar-refractivity contribution is 5.92. The minimum atomic E-state index is -0.562. The number of hydrogen-bond acceptors (Lipinski definition) is 2. The van der Waals surface area contributed by atoms with Crippen molar-refractivity contribution in [3.63, 3.8) is 0 Å². The van der Waals surface area contributed by atoms with Crippen LogP contribution < -0.4 is 5.32 Å². The van der Waals surface area contributed by atoms with Crippen LogP contribution in [0.3, 0.4) is 0 Å². The molecule has 0 atom stereocenters. The molecule has 1 aliphatic carbocycles. The Balaban J connectivity index is 2.04. The lowest BCUT2D eigenvalue weighted by atomic mass is 10.2. The van der Waals surface area contributed by atoms with Crippen molar-refractivity contribution in [1.29, 1.82) is 0 Å². The molecule has 0 unspecified atom stereocenters. The van der Waals surface area contributed by atoms with Gasteiger partial charge < -0.3 is 5.32 Å². The van der Waals surface area contributed by atoms with Gasteiger partial charge in [-0.2, -0.15) is 0 Å². The lowest BCUT2D eigenvalue weighted by molar-refractivity contribution is 0.0928. The second kappa shape index (κ2) is 4.38. The van der Waals surface area contributed by atoms with Gasteiger partial charge in [0.1, 0.15) is 0 Å². The summed E-state index contributed by atoms with van der Waals surface area (Å²) in [7, 11) is 0. The molecule has 2 rings (SSSR count). The monoisotopic (exact) mass is 208 g/mol. The first-order valence-electron chi connectivity index (χ1n) is 5.19. The molecule has 0 radical (unpaired) electrons. The Morgan fingerprint density at radius 1 is 1.47 bits per heavy atom. The summed E-state index contributed by atoms with van der Waals surface area (Å²) in [5, 5.41) is 2.79. The van der Waals surface area contributed by atoms with E-state index in [4.69, 9.17) is 0 Å². The van der Waals surface area contributed by atoms with Gasteiger partial charge >= 0.3 is 0 Å². The number of carbonyl (C=O) groups excluding carboxylic acids is 1. The summed E-state index contributed by atoms with van der Waals surface area (Å²) in [4.78, 5) is 15.3. The fourth-order valence-electron chi connectivity index (χ4n) is 1.88. The molecule has 0 bridgehead atoms. The standard InChI is InChI=1S/C11H13FN2O/c12-9-6-3-7-13-10(9)11(15)14-8-4-1-2-5-8/h3,6-8H,1-2,4-5H2,(H,14,15). The maximum atomic E-state index is 13.2. The second-order valence-corrected chi connectivity index (χ2v) is 3.79. The molecule has 80 valence electrons. The second-order valence-electron chi connectivity index (χ2n) is 3.79. The third kappa shape index (κ3) is 2.32. The maximum absolute atomic E-state index is 13.2. The lowest BCUT2D eigenvalue weighted by Gasteiger charge is -2.11. The van der Waals surface area contributed by atoms with E-state index in [0.29, 0.717) is 0 Å². The molecule has 1 N–H and O–H groups in total. The molecule has 0 saturated heterocycles. The van der Waals surface area contributed by atoms with Crippen LogP contribution in [0.4, 0.5) is 4.39 Å². The van der Waals surface area contributed by atoms with Gasteiger partial charge in [-0.25, -0.2) is 9.37 Å². The zero-order valence-corrected chi connectivity index (χ0v) is 8.37. The molecule has 15 heavy (non-hydrogen) atoms. The highest BCUT2D eigenvalue weighted by Crippen LogP contribution is 2.18. The highest BCUT2D eigenvalue weighted by atomic mass is 19.1. The number of halogens is 1. The van der Waals surface area contributed by atoms with Gasteiger partial charge in [0.05, 0.1) is 0 Å². The van der Waals surface area contributed by atoms with E-state index in [-0.39, 0.29) is 11.7 Å². The van der Waals surface area contributed by atoms with Crippen LogP contribution in [0, 0.1) is 5.82 Å². The van der Waals surface area contributed by atoms with Gasteiger partial charge in [-0.3, -0.25) is 4.79 Å². The van der Waals surface area contributed by atoms with Crippen LogP contribution in [0.25, 0.3) is 0 Å². The van der Waals surface area contributed by atoms with Crippen molar-refractivity contribution in [3.8, 4) is 0 Å². The molecule has 0 spiro atoms. The minimum Gasteiger partial charge on any atom is -0.348 e. The Hall–Kier alpha value is -1.45. The molecular formula is C11H13FN2O. The average Bonchev–Trinajstić information content (AvgIpc) is 2.71. The Kier molecular flexibility index (Phi) is 2.94. The van der Waals surface area contributed by atoms with Gasteiger partial charge in [0, 0.05) is 12.2 Å². The number of rotatable bonds is 2. The Bertz CT molecular complexity index is 361. The van der Waals surface area contributed by atoms with Crippen molar-refractivity contribution in [1.82, 2.24) is 10.3 Å². The van der Waals surface area contributed by atoms with Crippen molar-refractivity contribution >= 4 is 5.91 Å². The summed E-state index contributed by atoms with van der Waals surface area (Å²) < 4.78 is 13.2.